The summed E-state index contributed by atoms with van der Waals surface area (Å²) in [5.74, 6) is -0.518. The Bertz CT molecular complexity index is 1010. The van der Waals surface area contributed by atoms with Crippen LogP contribution in [0.4, 0.5) is 10.2 Å². The summed E-state index contributed by atoms with van der Waals surface area (Å²) in [6.07, 6.45) is 1.43. The predicted molar refractivity (Wildman–Crippen MR) is 98.1 cm³/mol. The maximum absolute atomic E-state index is 15.1. The third-order valence-corrected chi connectivity index (χ3v) is 4.47. The summed E-state index contributed by atoms with van der Waals surface area (Å²) in [5.41, 5.74) is 6.46. The van der Waals surface area contributed by atoms with E-state index in [-0.39, 0.29) is 46.0 Å². The second kappa shape index (κ2) is 7.28. The van der Waals surface area contributed by atoms with Crippen LogP contribution in [0.5, 0.6) is 0 Å². The van der Waals surface area contributed by atoms with Crippen LogP contribution in [0.3, 0.4) is 0 Å². The maximum atomic E-state index is 15.1. The van der Waals surface area contributed by atoms with E-state index >= 15 is 4.39 Å². The minimum absolute atomic E-state index is 0.0693. The van der Waals surface area contributed by atoms with Gasteiger partial charge in [0, 0.05) is 10.9 Å². The van der Waals surface area contributed by atoms with Crippen LogP contribution < -0.4 is 5.73 Å². The van der Waals surface area contributed by atoms with Gasteiger partial charge in [0.15, 0.2) is 5.82 Å². The number of pyridine rings is 1. The molecule has 0 aliphatic heterocycles. The second-order valence-electron chi connectivity index (χ2n) is 5.92. The van der Waals surface area contributed by atoms with Crippen LogP contribution >= 0.6 is 11.6 Å². The van der Waals surface area contributed by atoms with Gasteiger partial charge in [-0.15, -0.1) is 0 Å². The molecule has 0 spiro atoms. The van der Waals surface area contributed by atoms with E-state index in [0.29, 0.717) is 11.8 Å². The molecule has 1 unspecified atom stereocenters. The van der Waals surface area contributed by atoms with Gasteiger partial charge < -0.3 is 10.8 Å². The number of fused-ring (bicyclic) bond motifs is 1. The van der Waals surface area contributed by atoms with E-state index in [2.05, 4.69) is 10.1 Å². The molecule has 2 heterocycles. The Morgan fingerprint density at radius 3 is 2.77 bits per heavy atom. The van der Waals surface area contributed by atoms with Gasteiger partial charge >= 0.3 is 0 Å². The lowest BCUT2D eigenvalue weighted by Crippen LogP contribution is -2.17. The van der Waals surface area contributed by atoms with Crippen molar-refractivity contribution in [3.05, 3.63) is 40.8 Å². The zero-order valence-corrected chi connectivity index (χ0v) is 14.8. The van der Waals surface area contributed by atoms with E-state index in [4.69, 9.17) is 17.3 Å². The van der Waals surface area contributed by atoms with Gasteiger partial charge in [-0.25, -0.2) is 14.1 Å². The van der Waals surface area contributed by atoms with Crippen LogP contribution in [0.1, 0.15) is 31.4 Å². The van der Waals surface area contributed by atoms with Crippen molar-refractivity contribution < 1.29 is 9.50 Å². The van der Waals surface area contributed by atoms with Crippen LogP contribution in [-0.4, -0.2) is 26.5 Å². The lowest BCUT2D eigenvalue weighted by molar-refractivity contribution is 0.212. The summed E-state index contributed by atoms with van der Waals surface area (Å²) in [6, 6.07) is 8.07. The van der Waals surface area contributed by atoms with Crippen molar-refractivity contribution in [2.75, 3.05) is 12.3 Å². The van der Waals surface area contributed by atoms with Gasteiger partial charge in [-0.05, 0) is 24.6 Å². The smallest absolute Gasteiger partial charge is 0.158 e. The molecule has 0 saturated heterocycles. The molecule has 0 amide bonds. The molecule has 3 rings (SSSR count). The first-order valence-electron chi connectivity index (χ1n) is 8.15. The van der Waals surface area contributed by atoms with Crippen molar-refractivity contribution >= 4 is 28.3 Å². The molecule has 26 heavy (non-hydrogen) atoms. The Balaban J connectivity index is 2.23. The molecule has 0 saturated carbocycles. The van der Waals surface area contributed by atoms with Crippen LogP contribution in [0.2, 0.25) is 5.15 Å². The van der Waals surface area contributed by atoms with Crippen LogP contribution in [0.25, 0.3) is 22.2 Å². The largest absolute Gasteiger partial charge is 0.394 e. The molecule has 0 bridgehead atoms. The number of nitrogens with zero attached hydrogens (tertiary/aromatic N) is 4. The number of benzene rings is 1. The predicted octanol–water partition coefficient (Wildman–Crippen LogP) is 3.68. The third kappa shape index (κ3) is 2.98. The molecule has 0 fully saturated rings. The van der Waals surface area contributed by atoms with E-state index in [0.717, 1.165) is 6.42 Å². The first kappa shape index (κ1) is 18.1. The summed E-state index contributed by atoms with van der Waals surface area (Å²) >= 11 is 5.87. The number of hydrogen-bond donors (Lipinski definition) is 2. The number of hydrogen-bond acceptors (Lipinski definition) is 5. The van der Waals surface area contributed by atoms with Crippen LogP contribution in [0.15, 0.2) is 24.3 Å². The number of anilines is 1. The summed E-state index contributed by atoms with van der Waals surface area (Å²) in [4.78, 5) is 4.03. The number of halogens is 2. The SMILES string of the molecule is CCCC(CO)n1nc(-c2ccc3ccc(Cl)nc3c2F)c(C#N)c1N. The average Bonchev–Trinajstić information content (AvgIpc) is 2.96. The van der Waals surface area contributed by atoms with Gasteiger partial charge in [0.25, 0.3) is 0 Å². The maximum Gasteiger partial charge on any atom is 0.158 e. The Morgan fingerprint density at radius 1 is 1.38 bits per heavy atom. The van der Waals surface area contributed by atoms with E-state index in [9.17, 15) is 10.4 Å². The summed E-state index contributed by atoms with van der Waals surface area (Å²) < 4.78 is 16.4. The Kier molecular flexibility index (Phi) is 5.07. The van der Waals surface area contributed by atoms with E-state index in [1.165, 1.54) is 10.7 Å². The fourth-order valence-corrected chi connectivity index (χ4v) is 3.11. The van der Waals surface area contributed by atoms with Crippen LogP contribution in [0, 0.1) is 17.1 Å². The number of nitrogens with two attached hydrogens (primary N) is 1. The van der Waals surface area contributed by atoms with Crippen molar-refractivity contribution in [3.8, 4) is 17.3 Å². The topological polar surface area (TPSA) is 101 Å². The number of nitriles is 1. The normalized spacial score (nSPS) is 12.3. The van der Waals surface area contributed by atoms with Gasteiger partial charge in [0.1, 0.15) is 33.8 Å². The molecule has 2 aromatic heterocycles. The minimum atomic E-state index is -0.623. The number of nitrogen functional groups attached to an aromatic ring is 1. The molecule has 1 aromatic carbocycles. The van der Waals surface area contributed by atoms with Crippen molar-refractivity contribution in [1.82, 2.24) is 14.8 Å². The highest BCUT2D eigenvalue weighted by molar-refractivity contribution is 6.29. The fraction of sp³-hybridized carbons (Fsp3) is 0.278. The molecule has 8 heteroatoms. The van der Waals surface area contributed by atoms with E-state index in [1.54, 1.807) is 18.2 Å². The number of rotatable bonds is 5. The first-order valence-corrected chi connectivity index (χ1v) is 8.53. The number of aliphatic hydroxyl groups excluding tert-OH is 1. The van der Waals surface area contributed by atoms with Gasteiger partial charge in [0.2, 0.25) is 0 Å². The standard InChI is InChI=1S/C18H17ClFN5O/c1-2-3-11(9-26)25-18(22)13(8-21)17(24-25)12-6-4-10-5-7-14(19)23-16(10)15(12)20/h4-7,11,26H,2-3,9,22H2,1H3. The molecule has 3 N–H and O–H groups in total. The van der Waals surface area contributed by atoms with Crippen molar-refractivity contribution in [2.45, 2.75) is 25.8 Å². The van der Waals surface area contributed by atoms with Crippen molar-refractivity contribution in [2.24, 2.45) is 0 Å². The lowest BCUT2D eigenvalue weighted by atomic mass is 10.0. The molecule has 134 valence electrons. The Morgan fingerprint density at radius 2 is 2.12 bits per heavy atom. The zero-order chi connectivity index (χ0) is 18.8. The molecule has 3 aromatic rings. The highest BCUT2D eigenvalue weighted by atomic mass is 35.5. The van der Waals surface area contributed by atoms with Crippen LogP contribution in [-0.2, 0) is 0 Å². The molecule has 1 atom stereocenters. The van der Waals surface area contributed by atoms with Crippen molar-refractivity contribution in [1.29, 1.82) is 5.26 Å². The molecular formula is C18H17ClFN5O. The number of aliphatic hydroxyl groups is 1. The minimum Gasteiger partial charge on any atom is -0.394 e. The fourth-order valence-electron chi connectivity index (χ4n) is 2.96. The molecule has 6 nitrogen and oxygen atoms in total. The quantitative estimate of drug-likeness (QED) is 0.664. The Hall–Kier alpha value is -2.69. The summed E-state index contributed by atoms with van der Waals surface area (Å²) in [6.45, 7) is 1.79. The molecular weight excluding hydrogens is 357 g/mol. The van der Waals surface area contributed by atoms with Gasteiger partial charge in [-0.1, -0.05) is 31.0 Å². The van der Waals surface area contributed by atoms with Gasteiger partial charge in [0.05, 0.1) is 12.6 Å². The molecule has 0 aliphatic carbocycles. The Labute approximate surface area is 154 Å². The summed E-state index contributed by atoms with van der Waals surface area (Å²) in [7, 11) is 0. The monoisotopic (exact) mass is 373 g/mol. The lowest BCUT2D eigenvalue weighted by Gasteiger charge is -2.15. The number of aromatic nitrogens is 3. The first-order chi connectivity index (χ1) is 12.5. The van der Waals surface area contributed by atoms with Crippen molar-refractivity contribution in [3.63, 3.8) is 0 Å². The summed E-state index contributed by atoms with van der Waals surface area (Å²) in [5, 5.41) is 24.2. The van der Waals surface area contributed by atoms with Gasteiger partial charge in [-0.3, -0.25) is 0 Å². The zero-order valence-electron chi connectivity index (χ0n) is 14.1. The third-order valence-electron chi connectivity index (χ3n) is 4.26. The van der Waals surface area contributed by atoms with Gasteiger partial charge in [-0.2, -0.15) is 10.4 Å². The molecule has 0 radical (unpaired) electrons. The highest BCUT2D eigenvalue weighted by Gasteiger charge is 2.24. The van der Waals surface area contributed by atoms with E-state index in [1.807, 2.05) is 13.0 Å². The van der Waals surface area contributed by atoms with E-state index < -0.39 is 5.82 Å². The highest BCUT2D eigenvalue weighted by Crippen LogP contribution is 2.33. The second-order valence-corrected chi connectivity index (χ2v) is 6.31. The molecule has 0 aliphatic rings. The average molecular weight is 374 g/mol.